The van der Waals surface area contributed by atoms with E-state index in [2.05, 4.69) is 10.6 Å². The first-order valence-electron chi connectivity index (χ1n) is 7.53. The summed E-state index contributed by atoms with van der Waals surface area (Å²) in [6, 6.07) is 5.22. The predicted molar refractivity (Wildman–Crippen MR) is 95.1 cm³/mol. The van der Waals surface area contributed by atoms with Gasteiger partial charge >= 0.3 is 0 Å². The smallest absolute Gasteiger partial charge is 0.251 e. The van der Waals surface area contributed by atoms with Crippen LogP contribution >= 0.6 is 12.4 Å². The second-order valence-corrected chi connectivity index (χ2v) is 7.30. The van der Waals surface area contributed by atoms with Gasteiger partial charge in [0.25, 0.3) is 5.91 Å². The average molecular weight is 362 g/mol. The molecule has 0 fully saturated rings. The van der Waals surface area contributed by atoms with Gasteiger partial charge in [0.05, 0.1) is 11.9 Å². The first-order valence-corrected chi connectivity index (χ1v) is 9.38. The van der Waals surface area contributed by atoms with Gasteiger partial charge in [-0.1, -0.05) is 6.92 Å². The van der Waals surface area contributed by atoms with Gasteiger partial charge in [-0.3, -0.25) is 9.10 Å². The van der Waals surface area contributed by atoms with Gasteiger partial charge in [0.1, 0.15) is 0 Å². The van der Waals surface area contributed by atoms with Crippen LogP contribution < -0.4 is 14.9 Å². The molecule has 0 saturated heterocycles. The molecule has 1 aromatic carbocycles. The molecular weight excluding hydrogens is 338 g/mol. The van der Waals surface area contributed by atoms with E-state index in [-0.39, 0.29) is 18.3 Å². The van der Waals surface area contributed by atoms with Crippen LogP contribution in [0.25, 0.3) is 0 Å². The van der Waals surface area contributed by atoms with Crippen LogP contribution in [0.5, 0.6) is 0 Å². The van der Waals surface area contributed by atoms with Gasteiger partial charge in [0.15, 0.2) is 0 Å². The summed E-state index contributed by atoms with van der Waals surface area (Å²) in [7, 11) is -3.27. The number of rotatable bonds is 6. The van der Waals surface area contributed by atoms with Crippen molar-refractivity contribution in [1.82, 2.24) is 10.6 Å². The molecule has 0 bridgehead atoms. The van der Waals surface area contributed by atoms with Crippen molar-refractivity contribution in [2.75, 3.05) is 36.7 Å². The number of nitrogens with one attached hydrogen (secondary N) is 2. The van der Waals surface area contributed by atoms with E-state index in [1.807, 2.05) is 6.92 Å². The molecule has 0 saturated carbocycles. The van der Waals surface area contributed by atoms with Gasteiger partial charge in [-0.2, -0.15) is 0 Å². The number of carbonyl (C=O) groups is 1. The number of nitrogens with zero attached hydrogens (tertiary/aromatic N) is 1. The zero-order valence-electron chi connectivity index (χ0n) is 13.5. The second kappa shape index (κ2) is 8.52. The molecule has 0 radical (unpaired) electrons. The minimum atomic E-state index is -3.27. The van der Waals surface area contributed by atoms with Gasteiger partial charge < -0.3 is 10.6 Å². The van der Waals surface area contributed by atoms with Crippen molar-refractivity contribution < 1.29 is 13.2 Å². The highest BCUT2D eigenvalue weighted by Crippen LogP contribution is 2.29. The number of likely N-dealkylation sites (N-methyl/N-ethyl adjacent to an activating group) is 1. The molecule has 0 atom stereocenters. The van der Waals surface area contributed by atoms with Gasteiger partial charge in [-0.15, -0.1) is 12.4 Å². The molecule has 2 N–H and O–H groups in total. The van der Waals surface area contributed by atoms with Crippen molar-refractivity contribution in [1.29, 1.82) is 0 Å². The topological polar surface area (TPSA) is 78.5 Å². The number of carbonyl (C=O) groups excluding carboxylic acids is 1. The van der Waals surface area contributed by atoms with Gasteiger partial charge in [0.2, 0.25) is 10.0 Å². The fourth-order valence-electron chi connectivity index (χ4n) is 2.59. The van der Waals surface area contributed by atoms with Crippen LogP contribution in [-0.4, -0.2) is 46.8 Å². The lowest BCUT2D eigenvalue weighted by molar-refractivity contribution is 0.0954. The Kier molecular flexibility index (Phi) is 7.31. The number of sulfonamides is 1. The molecule has 8 heteroatoms. The summed E-state index contributed by atoms with van der Waals surface area (Å²) in [6.45, 7) is 4.68. The zero-order chi connectivity index (χ0) is 16.2. The SMILES string of the molecule is CCNCCNC(=O)c1ccc2c(c1)CCCN2S(C)(=O)=O.Cl. The van der Waals surface area contributed by atoms with Crippen LogP contribution in [-0.2, 0) is 16.4 Å². The summed E-state index contributed by atoms with van der Waals surface area (Å²) in [4.78, 5) is 12.1. The van der Waals surface area contributed by atoms with Crippen molar-refractivity contribution in [3.8, 4) is 0 Å². The molecule has 0 unspecified atom stereocenters. The number of hydrogen-bond acceptors (Lipinski definition) is 4. The zero-order valence-corrected chi connectivity index (χ0v) is 15.1. The van der Waals surface area contributed by atoms with E-state index < -0.39 is 10.0 Å². The molecule has 6 nitrogen and oxygen atoms in total. The Balaban J connectivity index is 0.00000264. The van der Waals surface area contributed by atoms with Gasteiger partial charge in [0, 0.05) is 25.2 Å². The first kappa shape index (κ1) is 19.7. The minimum absolute atomic E-state index is 0. The van der Waals surface area contributed by atoms with Crippen molar-refractivity contribution >= 4 is 34.0 Å². The van der Waals surface area contributed by atoms with Crippen molar-refractivity contribution in [2.24, 2.45) is 0 Å². The summed E-state index contributed by atoms with van der Waals surface area (Å²) in [5.74, 6) is -0.128. The molecule has 1 amide bonds. The molecule has 1 aromatic rings. The molecule has 23 heavy (non-hydrogen) atoms. The van der Waals surface area contributed by atoms with Crippen LogP contribution in [0, 0.1) is 0 Å². The number of benzene rings is 1. The predicted octanol–water partition coefficient (Wildman–Crippen LogP) is 1.16. The summed E-state index contributed by atoms with van der Waals surface area (Å²) in [5, 5.41) is 5.99. The average Bonchev–Trinajstić information content (AvgIpc) is 2.49. The van der Waals surface area contributed by atoms with Gasteiger partial charge in [-0.05, 0) is 43.1 Å². The molecule has 130 valence electrons. The maximum Gasteiger partial charge on any atom is 0.251 e. The molecule has 1 heterocycles. The summed E-state index contributed by atoms with van der Waals surface area (Å²) in [6.07, 6.45) is 2.77. The van der Waals surface area contributed by atoms with E-state index in [0.717, 1.165) is 31.5 Å². The molecule has 0 aliphatic carbocycles. The van der Waals surface area contributed by atoms with E-state index in [1.54, 1.807) is 18.2 Å². The highest BCUT2D eigenvalue weighted by molar-refractivity contribution is 7.92. The van der Waals surface area contributed by atoms with Crippen LogP contribution in [0.2, 0.25) is 0 Å². The lowest BCUT2D eigenvalue weighted by atomic mass is 10.0. The Morgan fingerprint density at radius 2 is 2.04 bits per heavy atom. The highest BCUT2D eigenvalue weighted by Gasteiger charge is 2.24. The fraction of sp³-hybridized carbons (Fsp3) is 0.533. The van der Waals surface area contributed by atoms with E-state index in [0.29, 0.717) is 24.3 Å². The van der Waals surface area contributed by atoms with E-state index in [1.165, 1.54) is 10.6 Å². The Hall–Kier alpha value is -1.31. The maximum absolute atomic E-state index is 12.1. The molecule has 2 rings (SSSR count). The molecule has 0 spiro atoms. The number of anilines is 1. The quantitative estimate of drug-likeness (QED) is 0.745. The number of aryl methyl sites for hydroxylation is 1. The fourth-order valence-corrected chi connectivity index (χ4v) is 3.59. The van der Waals surface area contributed by atoms with E-state index in [4.69, 9.17) is 0 Å². The Morgan fingerprint density at radius 1 is 1.30 bits per heavy atom. The molecule has 1 aliphatic rings. The van der Waals surface area contributed by atoms with Gasteiger partial charge in [-0.25, -0.2) is 8.42 Å². The Morgan fingerprint density at radius 3 is 2.70 bits per heavy atom. The largest absolute Gasteiger partial charge is 0.351 e. The maximum atomic E-state index is 12.1. The Labute approximate surface area is 144 Å². The molecule has 0 aromatic heterocycles. The number of hydrogen-bond donors (Lipinski definition) is 2. The standard InChI is InChI=1S/C15H23N3O3S.ClH/c1-3-16-8-9-17-15(19)13-6-7-14-12(11-13)5-4-10-18(14)22(2,20)21;/h6-7,11,16H,3-5,8-10H2,1-2H3,(H,17,19);1H. The van der Waals surface area contributed by atoms with Crippen LogP contribution in [0.1, 0.15) is 29.3 Å². The third kappa shape index (κ3) is 5.09. The summed E-state index contributed by atoms with van der Waals surface area (Å²) < 4.78 is 25.0. The number of fused-ring (bicyclic) bond motifs is 1. The number of amides is 1. The van der Waals surface area contributed by atoms with Crippen molar-refractivity contribution in [2.45, 2.75) is 19.8 Å². The summed E-state index contributed by atoms with van der Waals surface area (Å²) >= 11 is 0. The lowest BCUT2D eigenvalue weighted by Crippen LogP contribution is -2.35. The van der Waals surface area contributed by atoms with Crippen LogP contribution in [0.15, 0.2) is 18.2 Å². The second-order valence-electron chi connectivity index (χ2n) is 5.39. The van der Waals surface area contributed by atoms with Crippen LogP contribution in [0.4, 0.5) is 5.69 Å². The third-order valence-corrected chi connectivity index (χ3v) is 4.84. The third-order valence-electron chi connectivity index (χ3n) is 3.66. The molecular formula is C15H24ClN3O3S. The Bertz CT molecular complexity index is 649. The van der Waals surface area contributed by atoms with E-state index in [9.17, 15) is 13.2 Å². The normalized spacial score (nSPS) is 13.9. The van der Waals surface area contributed by atoms with Crippen LogP contribution in [0.3, 0.4) is 0 Å². The van der Waals surface area contributed by atoms with Crippen molar-refractivity contribution in [3.05, 3.63) is 29.3 Å². The summed E-state index contributed by atoms with van der Waals surface area (Å²) in [5.41, 5.74) is 2.18. The number of halogens is 1. The monoisotopic (exact) mass is 361 g/mol. The molecule has 1 aliphatic heterocycles. The highest BCUT2D eigenvalue weighted by atomic mass is 35.5. The minimum Gasteiger partial charge on any atom is -0.351 e. The van der Waals surface area contributed by atoms with E-state index >= 15 is 0 Å². The lowest BCUT2D eigenvalue weighted by Gasteiger charge is -2.29. The van der Waals surface area contributed by atoms with Crippen molar-refractivity contribution in [3.63, 3.8) is 0 Å². The first-order chi connectivity index (χ1) is 10.4.